The summed E-state index contributed by atoms with van der Waals surface area (Å²) in [5, 5.41) is 4.65. The van der Waals surface area contributed by atoms with Gasteiger partial charge in [-0.3, -0.25) is 10.1 Å². The third-order valence-electron chi connectivity index (χ3n) is 3.75. The third-order valence-corrected chi connectivity index (χ3v) is 5.35. The molecule has 3 N–H and O–H groups in total. The maximum Gasteiger partial charge on any atom is 0.338 e. The number of amides is 3. The number of carbonyl (C=O) groups excluding carboxylic acids is 3. The van der Waals surface area contributed by atoms with Crippen LogP contribution < -0.4 is 15.4 Å². The summed E-state index contributed by atoms with van der Waals surface area (Å²) in [6.45, 7) is 10.2. The van der Waals surface area contributed by atoms with Crippen molar-refractivity contribution >= 4 is 27.9 Å². The average molecular weight is 428 g/mol. The van der Waals surface area contributed by atoms with E-state index < -0.39 is 39.6 Å². The quantitative estimate of drug-likeness (QED) is 0.570. The Balaban J connectivity index is 2.73. The minimum atomic E-state index is -3.69. The van der Waals surface area contributed by atoms with E-state index in [-0.39, 0.29) is 16.5 Å². The van der Waals surface area contributed by atoms with Crippen LogP contribution in [0.3, 0.4) is 0 Å². The van der Waals surface area contributed by atoms with E-state index >= 15 is 0 Å². The molecule has 1 rings (SSSR count). The summed E-state index contributed by atoms with van der Waals surface area (Å²) in [4.78, 5) is 35.9. The third kappa shape index (κ3) is 8.20. The lowest BCUT2D eigenvalue weighted by molar-refractivity contribution is -0.127. The fourth-order valence-corrected chi connectivity index (χ4v) is 3.38. The monoisotopic (exact) mass is 427 g/mol. The summed E-state index contributed by atoms with van der Waals surface area (Å²) in [6, 6.07) is 4.23. The Bertz CT molecular complexity index is 844. The molecule has 9 nitrogen and oxygen atoms in total. The zero-order valence-electron chi connectivity index (χ0n) is 17.5. The van der Waals surface area contributed by atoms with E-state index in [1.807, 2.05) is 6.92 Å². The van der Waals surface area contributed by atoms with E-state index in [0.29, 0.717) is 6.42 Å². The number of ether oxygens (including phenoxy) is 1. The lowest BCUT2D eigenvalue weighted by atomic mass is 10.1. The zero-order chi connectivity index (χ0) is 22.4. The van der Waals surface area contributed by atoms with Crippen molar-refractivity contribution in [1.82, 2.24) is 15.4 Å². The van der Waals surface area contributed by atoms with Gasteiger partial charge in [-0.2, -0.15) is 0 Å². The number of carbonyl (C=O) groups is 3. The molecule has 0 aliphatic rings. The number of urea groups is 1. The number of sulfonamides is 1. The van der Waals surface area contributed by atoms with Crippen LogP contribution >= 0.6 is 0 Å². The number of imide groups is 1. The molecule has 29 heavy (non-hydrogen) atoms. The smallest absolute Gasteiger partial charge is 0.338 e. The molecule has 0 bridgehead atoms. The summed E-state index contributed by atoms with van der Waals surface area (Å²) >= 11 is 0. The van der Waals surface area contributed by atoms with Gasteiger partial charge >= 0.3 is 12.0 Å². The summed E-state index contributed by atoms with van der Waals surface area (Å²) in [5.41, 5.74) is -0.456. The molecule has 0 saturated heterocycles. The SMILES string of the molecule is CC[C@@H](C)NS(=O)(=O)c1ccc(C(=O)O[C@@H](C)C(=O)NC(=O)NC(C)(C)C)cc1. The molecular formula is C19H29N3O6S. The Kier molecular flexibility index (Phi) is 8.34. The Labute approximate surface area is 171 Å². The summed E-state index contributed by atoms with van der Waals surface area (Å²) in [6.07, 6.45) is -0.583. The highest BCUT2D eigenvalue weighted by atomic mass is 32.2. The zero-order valence-corrected chi connectivity index (χ0v) is 18.3. The first-order valence-corrected chi connectivity index (χ1v) is 10.7. The van der Waals surface area contributed by atoms with Crippen LogP contribution in [0.25, 0.3) is 0 Å². The van der Waals surface area contributed by atoms with Gasteiger partial charge in [0.25, 0.3) is 5.91 Å². The molecule has 0 unspecified atom stereocenters. The fourth-order valence-electron chi connectivity index (χ4n) is 2.05. The molecule has 0 fully saturated rings. The van der Waals surface area contributed by atoms with Crippen molar-refractivity contribution < 1.29 is 27.5 Å². The molecule has 0 saturated carbocycles. The van der Waals surface area contributed by atoms with Gasteiger partial charge < -0.3 is 10.1 Å². The van der Waals surface area contributed by atoms with Crippen LogP contribution in [0.15, 0.2) is 29.2 Å². The molecule has 0 heterocycles. The maximum atomic E-state index is 12.2. The van der Waals surface area contributed by atoms with Crippen molar-refractivity contribution in [3.8, 4) is 0 Å². The first-order valence-electron chi connectivity index (χ1n) is 9.21. The van der Waals surface area contributed by atoms with Crippen molar-refractivity contribution in [3.63, 3.8) is 0 Å². The highest BCUT2D eigenvalue weighted by molar-refractivity contribution is 7.89. The molecule has 1 aromatic carbocycles. The molecule has 0 spiro atoms. The lowest BCUT2D eigenvalue weighted by Gasteiger charge is -2.21. The van der Waals surface area contributed by atoms with E-state index in [4.69, 9.17) is 4.74 Å². The molecule has 0 aliphatic heterocycles. The number of esters is 1. The summed E-state index contributed by atoms with van der Waals surface area (Å²) in [5.74, 6) is -1.60. The van der Waals surface area contributed by atoms with Crippen LogP contribution in [0, 0.1) is 0 Å². The molecule has 2 atom stereocenters. The van der Waals surface area contributed by atoms with Crippen molar-refractivity contribution in [2.75, 3.05) is 0 Å². The Hall–Kier alpha value is -2.46. The van der Waals surface area contributed by atoms with Crippen LogP contribution in [0.5, 0.6) is 0 Å². The highest BCUT2D eigenvalue weighted by Gasteiger charge is 2.23. The molecule has 0 aliphatic carbocycles. The van der Waals surface area contributed by atoms with Gasteiger partial charge in [0.05, 0.1) is 10.5 Å². The van der Waals surface area contributed by atoms with Gasteiger partial charge in [-0.25, -0.2) is 22.7 Å². The number of nitrogens with one attached hydrogen (secondary N) is 3. The molecule has 3 amide bonds. The van der Waals surface area contributed by atoms with E-state index in [2.05, 4.69) is 15.4 Å². The van der Waals surface area contributed by atoms with Crippen LogP contribution in [-0.2, 0) is 19.6 Å². The number of rotatable bonds is 7. The van der Waals surface area contributed by atoms with Crippen LogP contribution in [0.2, 0.25) is 0 Å². The Morgan fingerprint density at radius 2 is 1.62 bits per heavy atom. The van der Waals surface area contributed by atoms with Gasteiger partial charge in [0, 0.05) is 11.6 Å². The molecule has 1 aromatic rings. The molecular weight excluding hydrogens is 398 g/mol. The maximum absolute atomic E-state index is 12.2. The van der Waals surface area contributed by atoms with Crippen molar-refractivity contribution in [2.24, 2.45) is 0 Å². The topological polar surface area (TPSA) is 131 Å². The minimum Gasteiger partial charge on any atom is -0.449 e. The lowest BCUT2D eigenvalue weighted by Crippen LogP contribution is -2.50. The van der Waals surface area contributed by atoms with Gasteiger partial charge in [0.2, 0.25) is 10.0 Å². The largest absolute Gasteiger partial charge is 0.449 e. The molecule has 162 valence electrons. The number of benzene rings is 1. The van der Waals surface area contributed by atoms with Crippen molar-refractivity contribution in [2.45, 2.75) is 70.5 Å². The Morgan fingerprint density at radius 1 is 1.07 bits per heavy atom. The Morgan fingerprint density at radius 3 is 2.10 bits per heavy atom. The normalized spacial score (nSPS) is 13.9. The standard InChI is InChI=1S/C19H29N3O6S/c1-7-12(2)22-29(26,27)15-10-8-14(9-11-15)17(24)28-13(3)16(23)20-18(25)21-19(4,5)6/h8-13,22H,7H2,1-6H3,(H2,20,21,23,25)/t12-,13+/m1/s1. The van der Waals surface area contributed by atoms with Gasteiger partial charge in [0.1, 0.15) is 0 Å². The second-order valence-electron chi connectivity index (χ2n) is 7.70. The second-order valence-corrected chi connectivity index (χ2v) is 9.41. The molecule has 0 radical (unpaired) electrons. The van der Waals surface area contributed by atoms with E-state index in [9.17, 15) is 22.8 Å². The van der Waals surface area contributed by atoms with Crippen LogP contribution in [-0.4, -0.2) is 44.0 Å². The van der Waals surface area contributed by atoms with Crippen molar-refractivity contribution in [1.29, 1.82) is 0 Å². The fraction of sp³-hybridized carbons (Fsp3) is 0.526. The van der Waals surface area contributed by atoms with Gasteiger partial charge in [0.15, 0.2) is 6.10 Å². The van der Waals surface area contributed by atoms with Crippen LogP contribution in [0.4, 0.5) is 4.79 Å². The minimum absolute atomic E-state index is 0.0130. The predicted molar refractivity (Wildman–Crippen MR) is 108 cm³/mol. The van der Waals surface area contributed by atoms with E-state index in [0.717, 1.165) is 0 Å². The van der Waals surface area contributed by atoms with Gasteiger partial charge in [-0.15, -0.1) is 0 Å². The van der Waals surface area contributed by atoms with Crippen LogP contribution in [0.1, 0.15) is 58.3 Å². The van der Waals surface area contributed by atoms with E-state index in [1.165, 1.54) is 31.2 Å². The number of hydrogen-bond acceptors (Lipinski definition) is 6. The first kappa shape index (κ1) is 24.6. The summed E-state index contributed by atoms with van der Waals surface area (Å²) in [7, 11) is -3.69. The van der Waals surface area contributed by atoms with Crippen molar-refractivity contribution in [3.05, 3.63) is 29.8 Å². The molecule has 0 aromatic heterocycles. The second kappa shape index (κ2) is 9.84. The summed E-state index contributed by atoms with van der Waals surface area (Å²) < 4.78 is 32.0. The molecule has 10 heteroatoms. The van der Waals surface area contributed by atoms with E-state index in [1.54, 1.807) is 27.7 Å². The predicted octanol–water partition coefficient (Wildman–Crippen LogP) is 1.93. The first-order chi connectivity index (χ1) is 13.2. The highest BCUT2D eigenvalue weighted by Crippen LogP contribution is 2.13. The average Bonchev–Trinajstić information content (AvgIpc) is 2.59. The van der Waals surface area contributed by atoms with Gasteiger partial charge in [-0.1, -0.05) is 6.92 Å². The van der Waals surface area contributed by atoms with Gasteiger partial charge in [-0.05, 0) is 65.3 Å². The number of hydrogen-bond donors (Lipinski definition) is 3.